The number of carbonyl (C=O) groups is 1. The summed E-state index contributed by atoms with van der Waals surface area (Å²) in [5.41, 5.74) is 5.59. The van der Waals surface area contributed by atoms with Gasteiger partial charge in [0.25, 0.3) is 0 Å². The van der Waals surface area contributed by atoms with Gasteiger partial charge in [-0.25, -0.2) is 0 Å². The number of hydrogen-bond acceptors (Lipinski definition) is 3. The topological polar surface area (TPSA) is 72.2 Å². The maximum absolute atomic E-state index is 11.7. The second-order valence-corrected chi connectivity index (χ2v) is 6.87. The minimum atomic E-state index is -0.811. The summed E-state index contributed by atoms with van der Waals surface area (Å²) in [5, 5.41) is 2.84. The normalized spacial score (nSPS) is 17.6. The molecule has 0 saturated carbocycles. The summed E-state index contributed by atoms with van der Waals surface area (Å²) in [6, 6.07) is -0.494. The maximum Gasteiger partial charge on any atom is 0.237 e. The monoisotopic (exact) mass is 248 g/mol. The van der Waals surface area contributed by atoms with E-state index in [2.05, 4.69) is 5.32 Å². The van der Waals surface area contributed by atoms with Crippen LogP contribution in [0.3, 0.4) is 0 Å². The molecule has 4 nitrogen and oxygen atoms in total. The van der Waals surface area contributed by atoms with E-state index in [1.54, 1.807) is 6.26 Å². The molecule has 3 N–H and O–H groups in total. The largest absolute Gasteiger partial charge is 0.352 e. The molecule has 0 rings (SSSR count). The van der Waals surface area contributed by atoms with E-state index in [1.807, 2.05) is 27.7 Å². The molecule has 5 heteroatoms. The van der Waals surface area contributed by atoms with Crippen molar-refractivity contribution in [2.24, 2.45) is 11.1 Å². The Morgan fingerprint density at radius 3 is 2.31 bits per heavy atom. The van der Waals surface area contributed by atoms with Gasteiger partial charge < -0.3 is 11.1 Å². The molecular weight excluding hydrogens is 224 g/mol. The zero-order valence-electron chi connectivity index (χ0n) is 10.9. The Hall–Kier alpha value is -0.420. The average molecular weight is 248 g/mol. The van der Waals surface area contributed by atoms with Crippen LogP contribution in [-0.4, -0.2) is 34.2 Å². The standard InChI is InChI=1S/C11H24N2O2S/c1-8(6-7-16(5)15)13-10(14)9(12)11(2,3)4/h8-9H,6-7,12H2,1-5H3,(H,13,14). The summed E-state index contributed by atoms with van der Waals surface area (Å²) in [5.74, 6) is 0.466. The van der Waals surface area contributed by atoms with E-state index in [-0.39, 0.29) is 17.4 Å². The highest BCUT2D eigenvalue weighted by molar-refractivity contribution is 7.84. The molecule has 0 aromatic heterocycles. The average Bonchev–Trinajstić information content (AvgIpc) is 2.11. The summed E-state index contributed by atoms with van der Waals surface area (Å²) in [7, 11) is -0.811. The number of carbonyl (C=O) groups excluding carboxylic acids is 1. The molecule has 0 heterocycles. The lowest BCUT2D eigenvalue weighted by molar-refractivity contribution is -0.125. The zero-order chi connectivity index (χ0) is 12.9. The van der Waals surface area contributed by atoms with Crippen LogP contribution in [0.5, 0.6) is 0 Å². The van der Waals surface area contributed by atoms with Gasteiger partial charge in [-0.3, -0.25) is 9.00 Å². The van der Waals surface area contributed by atoms with Crippen LogP contribution in [0.1, 0.15) is 34.1 Å². The Kier molecular flexibility index (Phi) is 6.18. The quantitative estimate of drug-likeness (QED) is 0.749. The summed E-state index contributed by atoms with van der Waals surface area (Å²) >= 11 is 0. The van der Waals surface area contributed by atoms with E-state index in [9.17, 15) is 9.00 Å². The molecule has 0 fully saturated rings. The first kappa shape index (κ1) is 15.6. The van der Waals surface area contributed by atoms with Crippen LogP contribution in [-0.2, 0) is 15.6 Å². The number of rotatable bonds is 5. The van der Waals surface area contributed by atoms with Gasteiger partial charge in [0.1, 0.15) is 0 Å². The predicted octanol–water partition coefficient (Wildman–Crippen LogP) is 0.633. The molecular formula is C11H24N2O2S. The van der Waals surface area contributed by atoms with Crippen LogP contribution in [0.25, 0.3) is 0 Å². The first-order chi connectivity index (χ1) is 7.14. The lowest BCUT2D eigenvalue weighted by Gasteiger charge is -2.27. The molecule has 0 saturated heterocycles. The van der Waals surface area contributed by atoms with Gasteiger partial charge >= 0.3 is 0 Å². The summed E-state index contributed by atoms with van der Waals surface area (Å²) < 4.78 is 10.9. The molecule has 0 aromatic rings. The van der Waals surface area contributed by atoms with Crippen LogP contribution in [0, 0.1) is 5.41 Å². The number of amides is 1. The Morgan fingerprint density at radius 2 is 1.94 bits per heavy atom. The summed E-state index contributed by atoms with van der Waals surface area (Å²) in [6.45, 7) is 7.70. The lowest BCUT2D eigenvalue weighted by Crippen LogP contribution is -2.51. The molecule has 1 amide bonds. The number of hydrogen-bond donors (Lipinski definition) is 2. The first-order valence-electron chi connectivity index (χ1n) is 5.50. The van der Waals surface area contributed by atoms with E-state index >= 15 is 0 Å². The molecule has 0 aliphatic carbocycles. The van der Waals surface area contributed by atoms with Gasteiger partial charge in [-0.1, -0.05) is 20.8 Å². The van der Waals surface area contributed by atoms with Crippen molar-refractivity contribution >= 4 is 16.7 Å². The second kappa shape index (κ2) is 6.35. The predicted molar refractivity (Wildman–Crippen MR) is 68.6 cm³/mol. The van der Waals surface area contributed by atoms with E-state index in [0.29, 0.717) is 12.2 Å². The van der Waals surface area contributed by atoms with Crippen LogP contribution >= 0.6 is 0 Å². The molecule has 0 aliphatic rings. The zero-order valence-corrected chi connectivity index (χ0v) is 11.7. The number of nitrogens with two attached hydrogens (primary N) is 1. The van der Waals surface area contributed by atoms with Crippen molar-refractivity contribution in [1.82, 2.24) is 5.32 Å². The first-order valence-corrected chi connectivity index (χ1v) is 7.23. The Bertz CT molecular complexity index is 261. The molecule has 0 bridgehead atoms. The highest BCUT2D eigenvalue weighted by Gasteiger charge is 2.27. The van der Waals surface area contributed by atoms with E-state index < -0.39 is 16.8 Å². The van der Waals surface area contributed by atoms with Gasteiger partial charge in [-0.15, -0.1) is 0 Å². The van der Waals surface area contributed by atoms with Crippen molar-refractivity contribution in [3.8, 4) is 0 Å². The van der Waals surface area contributed by atoms with Gasteiger partial charge in [0.2, 0.25) is 5.91 Å². The van der Waals surface area contributed by atoms with Crippen molar-refractivity contribution < 1.29 is 9.00 Å². The second-order valence-electron chi connectivity index (χ2n) is 5.32. The van der Waals surface area contributed by atoms with Crippen molar-refractivity contribution in [3.05, 3.63) is 0 Å². The van der Waals surface area contributed by atoms with Crippen molar-refractivity contribution in [2.45, 2.75) is 46.2 Å². The molecule has 0 spiro atoms. The summed E-state index contributed by atoms with van der Waals surface area (Å²) in [6.07, 6.45) is 2.38. The Morgan fingerprint density at radius 1 is 1.44 bits per heavy atom. The van der Waals surface area contributed by atoms with E-state index in [4.69, 9.17) is 5.73 Å². The van der Waals surface area contributed by atoms with Gasteiger partial charge in [-0.2, -0.15) is 0 Å². The maximum atomic E-state index is 11.7. The third-order valence-corrected chi connectivity index (χ3v) is 3.25. The van der Waals surface area contributed by atoms with Crippen LogP contribution in [0.4, 0.5) is 0 Å². The van der Waals surface area contributed by atoms with Crippen LogP contribution in [0.2, 0.25) is 0 Å². The van der Waals surface area contributed by atoms with E-state index in [1.165, 1.54) is 0 Å². The third-order valence-electron chi connectivity index (χ3n) is 2.44. The van der Waals surface area contributed by atoms with Crippen LogP contribution < -0.4 is 11.1 Å². The lowest BCUT2D eigenvalue weighted by atomic mass is 9.87. The minimum Gasteiger partial charge on any atom is -0.352 e. The van der Waals surface area contributed by atoms with Gasteiger partial charge in [0.15, 0.2) is 0 Å². The Labute approximate surface area is 101 Å². The smallest absolute Gasteiger partial charge is 0.237 e. The van der Waals surface area contributed by atoms with Crippen molar-refractivity contribution in [3.63, 3.8) is 0 Å². The van der Waals surface area contributed by atoms with E-state index in [0.717, 1.165) is 0 Å². The molecule has 3 atom stereocenters. The fourth-order valence-electron chi connectivity index (χ4n) is 1.14. The molecule has 96 valence electrons. The van der Waals surface area contributed by atoms with Crippen molar-refractivity contribution in [2.75, 3.05) is 12.0 Å². The molecule has 0 aliphatic heterocycles. The highest BCUT2D eigenvalue weighted by atomic mass is 32.2. The molecule has 0 radical (unpaired) electrons. The minimum absolute atomic E-state index is 0.0183. The Balaban J connectivity index is 4.09. The molecule has 3 unspecified atom stereocenters. The fraction of sp³-hybridized carbons (Fsp3) is 0.909. The number of nitrogens with one attached hydrogen (secondary N) is 1. The SMILES string of the molecule is CC(CCS(C)=O)NC(=O)C(N)C(C)(C)C. The molecule has 16 heavy (non-hydrogen) atoms. The molecule has 0 aromatic carbocycles. The highest BCUT2D eigenvalue weighted by Crippen LogP contribution is 2.17. The third kappa shape index (κ3) is 6.23. The summed E-state index contributed by atoms with van der Waals surface area (Å²) in [4.78, 5) is 11.7. The van der Waals surface area contributed by atoms with Crippen LogP contribution in [0.15, 0.2) is 0 Å². The van der Waals surface area contributed by atoms with Gasteiger partial charge in [-0.05, 0) is 18.8 Å². The van der Waals surface area contributed by atoms with Gasteiger partial charge in [0.05, 0.1) is 6.04 Å². The van der Waals surface area contributed by atoms with Crippen molar-refractivity contribution in [1.29, 1.82) is 0 Å². The fourth-order valence-corrected chi connectivity index (χ4v) is 1.83. The van der Waals surface area contributed by atoms with Gasteiger partial charge in [0, 0.05) is 28.9 Å².